The Morgan fingerprint density at radius 2 is 2.10 bits per heavy atom. The van der Waals surface area contributed by atoms with Crippen molar-refractivity contribution < 1.29 is 13.7 Å². The third-order valence-corrected chi connectivity index (χ3v) is 3.22. The summed E-state index contributed by atoms with van der Waals surface area (Å²) in [5, 5.41) is 6.62. The SMILES string of the molecule is Cc1noc(C)c1CNC(=O)CCc1ccccc1F. The van der Waals surface area contributed by atoms with Gasteiger partial charge in [0.05, 0.1) is 5.69 Å². The molecule has 1 amide bonds. The van der Waals surface area contributed by atoms with Crippen molar-refractivity contribution in [2.75, 3.05) is 0 Å². The first-order valence-corrected chi connectivity index (χ1v) is 6.49. The molecule has 20 heavy (non-hydrogen) atoms. The Balaban J connectivity index is 1.83. The average Bonchev–Trinajstić information content (AvgIpc) is 2.75. The van der Waals surface area contributed by atoms with Crippen LogP contribution in [0.1, 0.15) is 29.0 Å². The van der Waals surface area contributed by atoms with E-state index in [1.165, 1.54) is 6.07 Å². The molecule has 0 saturated heterocycles. The number of carbonyl (C=O) groups excluding carboxylic acids is 1. The fourth-order valence-corrected chi connectivity index (χ4v) is 1.98. The van der Waals surface area contributed by atoms with Crippen molar-refractivity contribution in [3.8, 4) is 0 Å². The van der Waals surface area contributed by atoms with Gasteiger partial charge in [0.15, 0.2) is 0 Å². The summed E-state index contributed by atoms with van der Waals surface area (Å²) >= 11 is 0. The maximum absolute atomic E-state index is 13.4. The Morgan fingerprint density at radius 1 is 1.35 bits per heavy atom. The third kappa shape index (κ3) is 3.44. The van der Waals surface area contributed by atoms with Gasteiger partial charge in [-0.1, -0.05) is 23.4 Å². The normalized spacial score (nSPS) is 10.6. The molecule has 106 valence electrons. The maximum atomic E-state index is 13.4. The molecule has 0 saturated carbocycles. The van der Waals surface area contributed by atoms with Crippen LogP contribution in [0.4, 0.5) is 4.39 Å². The lowest BCUT2D eigenvalue weighted by Gasteiger charge is -2.05. The van der Waals surface area contributed by atoms with Crippen LogP contribution in [0.2, 0.25) is 0 Å². The van der Waals surface area contributed by atoms with E-state index in [4.69, 9.17) is 4.52 Å². The molecule has 0 fully saturated rings. The van der Waals surface area contributed by atoms with Gasteiger partial charge in [-0.3, -0.25) is 4.79 Å². The van der Waals surface area contributed by atoms with E-state index in [0.29, 0.717) is 24.3 Å². The molecule has 1 heterocycles. The fourth-order valence-electron chi connectivity index (χ4n) is 1.98. The van der Waals surface area contributed by atoms with Crippen LogP contribution >= 0.6 is 0 Å². The number of hydrogen-bond acceptors (Lipinski definition) is 3. The fraction of sp³-hybridized carbons (Fsp3) is 0.333. The maximum Gasteiger partial charge on any atom is 0.220 e. The van der Waals surface area contributed by atoms with Crippen LogP contribution in [0, 0.1) is 19.7 Å². The highest BCUT2D eigenvalue weighted by molar-refractivity contribution is 5.76. The van der Waals surface area contributed by atoms with Gasteiger partial charge < -0.3 is 9.84 Å². The zero-order valence-electron chi connectivity index (χ0n) is 11.6. The Kier molecular flexibility index (Phi) is 4.50. The molecule has 1 N–H and O–H groups in total. The highest BCUT2D eigenvalue weighted by Crippen LogP contribution is 2.12. The summed E-state index contributed by atoms with van der Waals surface area (Å²) in [5.41, 5.74) is 2.22. The monoisotopic (exact) mass is 276 g/mol. The predicted octanol–water partition coefficient (Wildman–Crippen LogP) is 2.68. The van der Waals surface area contributed by atoms with Crippen molar-refractivity contribution in [1.29, 1.82) is 0 Å². The van der Waals surface area contributed by atoms with E-state index in [9.17, 15) is 9.18 Å². The molecule has 0 bridgehead atoms. The minimum Gasteiger partial charge on any atom is -0.361 e. The van der Waals surface area contributed by atoms with Gasteiger partial charge >= 0.3 is 0 Å². The topological polar surface area (TPSA) is 55.1 Å². The Labute approximate surface area is 117 Å². The molecular formula is C15H17FN2O2. The second-order valence-corrected chi connectivity index (χ2v) is 4.67. The van der Waals surface area contributed by atoms with Gasteiger partial charge in [0, 0.05) is 18.5 Å². The van der Waals surface area contributed by atoms with E-state index in [1.807, 2.05) is 6.92 Å². The summed E-state index contributed by atoms with van der Waals surface area (Å²) in [6.07, 6.45) is 0.643. The van der Waals surface area contributed by atoms with Crippen LogP contribution in [0.3, 0.4) is 0 Å². The Hall–Kier alpha value is -2.17. The van der Waals surface area contributed by atoms with Gasteiger partial charge in [-0.25, -0.2) is 4.39 Å². The highest BCUT2D eigenvalue weighted by atomic mass is 19.1. The second-order valence-electron chi connectivity index (χ2n) is 4.67. The van der Waals surface area contributed by atoms with E-state index in [0.717, 1.165) is 11.3 Å². The number of amides is 1. The van der Waals surface area contributed by atoms with Crippen LogP contribution in [-0.4, -0.2) is 11.1 Å². The van der Waals surface area contributed by atoms with E-state index in [2.05, 4.69) is 10.5 Å². The van der Waals surface area contributed by atoms with Crippen LogP contribution in [0.5, 0.6) is 0 Å². The lowest BCUT2D eigenvalue weighted by Crippen LogP contribution is -2.23. The molecule has 4 nitrogen and oxygen atoms in total. The average molecular weight is 276 g/mol. The number of rotatable bonds is 5. The standard InChI is InChI=1S/C15H17FN2O2/c1-10-13(11(2)20-18-10)9-17-15(19)8-7-12-5-3-4-6-14(12)16/h3-6H,7-9H2,1-2H3,(H,17,19). The zero-order chi connectivity index (χ0) is 14.5. The molecule has 0 aliphatic rings. The smallest absolute Gasteiger partial charge is 0.220 e. The van der Waals surface area contributed by atoms with E-state index < -0.39 is 0 Å². The minimum absolute atomic E-state index is 0.117. The van der Waals surface area contributed by atoms with Gasteiger partial charge in [-0.2, -0.15) is 0 Å². The van der Waals surface area contributed by atoms with Crippen molar-refractivity contribution in [2.24, 2.45) is 0 Å². The molecule has 5 heteroatoms. The summed E-state index contributed by atoms with van der Waals surface area (Å²) in [4.78, 5) is 11.8. The summed E-state index contributed by atoms with van der Waals surface area (Å²) in [7, 11) is 0. The second kappa shape index (κ2) is 6.32. The number of benzene rings is 1. The third-order valence-electron chi connectivity index (χ3n) is 3.22. The lowest BCUT2D eigenvalue weighted by molar-refractivity contribution is -0.121. The molecule has 0 aliphatic heterocycles. The van der Waals surface area contributed by atoms with Gasteiger partial charge in [0.1, 0.15) is 11.6 Å². The molecule has 0 spiro atoms. The van der Waals surface area contributed by atoms with Crippen LogP contribution < -0.4 is 5.32 Å². The molecule has 0 aliphatic carbocycles. The van der Waals surface area contributed by atoms with Crippen LogP contribution in [-0.2, 0) is 17.8 Å². The van der Waals surface area contributed by atoms with Crippen molar-refractivity contribution >= 4 is 5.91 Å². The number of hydrogen-bond donors (Lipinski definition) is 1. The van der Waals surface area contributed by atoms with Crippen LogP contribution in [0.25, 0.3) is 0 Å². The van der Waals surface area contributed by atoms with Crippen molar-refractivity contribution in [3.05, 3.63) is 52.7 Å². The molecule has 1 aromatic heterocycles. The number of carbonyl (C=O) groups is 1. The molecular weight excluding hydrogens is 259 g/mol. The molecule has 2 rings (SSSR count). The largest absolute Gasteiger partial charge is 0.361 e. The summed E-state index contributed by atoms with van der Waals surface area (Å²) in [5.74, 6) is 0.316. The molecule has 1 aromatic carbocycles. The van der Waals surface area contributed by atoms with Crippen LogP contribution in [0.15, 0.2) is 28.8 Å². The van der Waals surface area contributed by atoms with E-state index in [-0.39, 0.29) is 18.1 Å². The first-order valence-electron chi connectivity index (χ1n) is 6.49. The summed E-state index contributed by atoms with van der Waals surface area (Å²) in [6, 6.07) is 6.49. The zero-order valence-corrected chi connectivity index (χ0v) is 11.6. The quantitative estimate of drug-likeness (QED) is 0.913. The van der Waals surface area contributed by atoms with Gasteiger partial charge in [0.25, 0.3) is 0 Å². The number of aromatic nitrogens is 1. The Morgan fingerprint density at radius 3 is 2.75 bits per heavy atom. The summed E-state index contributed by atoms with van der Waals surface area (Å²) in [6.45, 7) is 4.02. The van der Waals surface area contributed by atoms with Crippen molar-refractivity contribution in [2.45, 2.75) is 33.2 Å². The van der Waals surface area contributed by atoms with E-state index >= 15 is 0 Å². The first-order chi connectivity index (χ1) is 9.58. The number of nitrogens with zero attached hydrogens (tertiary/aromatic N) is 1. The number of nitrogens with one attached hydrogen (secondary N) is 1. The lowest BCUT2D eigenvalue weighted by atomic mass is 10.1. The van der Waals surface area contributed by atoms with Crippen molar-refractivity contribution in [3.63, 3.8) is 0 Å². The number of aryl methyl sites for hydroxylation is 3. The van der Waals surface area contributed by atoms with Gasteiger partial charge in [0.2, 0.25) is 5.91 Å². The Bertz CT molecular complexity index is 588. The molecule has 0 radical (unpaired) electrons. The van der Waals surface area contributed by atoms with E-state index in [1.54, 1.807) is 25.1 Å². The molecule has 2 aromatic rings. The highest BCUT2D eigenvalue weighted by Gasteiger charge is 2.10. The van der Waals surface area contributed by atoms with Gasteiger partial charge in [-0.05, 0) is 31.9 Å². The summed E-state index contributed by atoms with van der Waals surface area (Å²) < 4.78 is 18.4. The van der Waals surface area contributed by atoms with Crippen molar-refractivity contribution in [1.82, 2.24) is 10.5 Å². The number of halogens is 1. The van der Waals surface area contributed by atoms with Gasteiger partial charge in [-0.15, -0.1) is 0 Å². The minimum atomic E-state index is -0.272. The molecule has 0 atom stereocenters. The predicted molar refractivity (Wildman–Crippen MR) is 72.5 cm³/mol. The molecule has 0 unspecified atom stereocenters. The first kappa shape index (κ1) is 14.2.